The average molecular weight is 414 g/mol. The molecule has 0 bridgehead atoms. The molecule has 1 amide bonds. The summed E-state index contributed by atoms with van der Waals surface area (Å²) in [6.07, 6.45) is 3.31. The lowest BCUT2D eigenvalue weighted by Gasteiger charge is -2.24. The summed E-state index contributed by atoms with van der Waals surface area (Å²) in [6, 6.07) is 13.7. The number of benzene rings is 2. The maximum atomic E-state index is 12.1. The minimum absolute atomic E-state index is 0.306. The second-order valence-electron chi connectivity index (χ2n) is 6.56. The van der Waals surface area contributed by atoms with Gasteiger partial charge in [-0.05, 0) is 48.9 Å². The van der Waals surface area contributed by atoms with E-state index in [2.05, 4.69) is 30.0 Å². The fraction of sp³-hybridized carbons (Fsp3) is 0.304. The van der Waals surface area contributed by atoms with Crippen molar-refractivity contribution in [3.8, 4) is 5.75 Å². The summed E-state index contributed by atoms with van der Waals surface area (Å²) in [5.74, 6) is 0.487. The van der Waals surface area contributed by atoms with E-state index in [9.17, 15) is 4.79 Å². The molecule has 0 radical (unpaired) electrons. The van der Waals surface area contributed by atoms with Crippen LogP contribution in [-0.4, -0.2) is 31.3 Å². The lowest BCUT2D eigenvalue weighted by molar-refractivity contribution is -0.114. The number of aryl methyl sites for hydroxylation is 1. The Hall–Kier alpha value is -2.79. The zero-order valence-electron chi connectivity index (χ0n) is 17.2. The largest absolute Gasteiger partial charge is 0.497 e. The molecule has 0 aliphatic rings. The number of halogens is 1. The maximum absolute atomic E-state index is 12.1. The van der Waals surface area contributed by atoms with Gasteiger partial charge < -0.3 is 15.0 Å². The van der Waals surface area contributed by atoms with Gasteiger partial charge in [-0.1, -0.05) is 43.6 Å². The van der Waals surface area contributed by atoms with Crippen LogP contribution in [0.2, 0.25) is 5.02 Å². The number of aliphatic imine (C=N–C) groups is 1. The van der Waals surface area contributed by atoms with Gasteiger partial charge >= 0.3 is 0 Å². The van der Waals surface area contributed by atoms with Gasteiger partial charge in [0.2, 0.25) is 0 Å². The number of methoxy groups -OCH3 is 1. The minimum Gasteiger partial charge on any atom is -0.497 e. The third-order valence-electron chi connectivity index (χ3n) is 4.58. The third kappa shape index (κ3) is 6.64. The first-order valence-corrected chi connectivity index (χ1v) is 9.99. The van der Waals surface area contributed by atoms with Crippen LogP contribution < -0.4 is 10.1 Å². The highest BCUT2D eigenvalue weighted by atomic mass is 35.5. The monoisotopic (exact) mass is 413 g/mol. The zero-order valence-corrected chi connectivity index (χ0v) is 18.0. The van der Waals surface area contributed by atoms with Crippen molar-refractivity contribution in [1.82, 2.24) is 4.90 Å². The lowest BCUT2D eigenvalue weighted by atomic mass is 10.1. The molecule has 6 heteroatoms. The Kier molecular flexibility index (Phi) is 8.74. The van der Waals surface area contributed by atoms with Crippen LogP contribution in [0.4, 0.5) is 5.69 Å². The Bertz CT molecular complexity index is 880. The Morgan fingerprint density at radius 1 is 1.28 bits per heavy atom. The van der Waals surface area contributed by atoms with Crippen LogP contribution in [0.15, 0.2) is 59.2 Å². The highest BCUT2D eigenvalue weighted by molar-refractivity contribution is 6.30. The molecule has 2 aromatic rings. The fourth-order valence-electron chi connectivity index (χ4n) is 2.98. The van der Waals surface area contributed by atoms with Gasteiger partial charge in [-0.15, -0.1) is 0 Å². The van der Waals surface area contributed by atoms with Crippen LogP contribution >= 0.6 is 11.6 Å². The molecule has 154 valence electrons. The summed E-state index contributed by atoms with van der Waals surface area (Å²) in [5.41, 5.74) is 3.84. The van der Waals surface area contributed by atoms with E-state index in [1.165, 1.54) is 5.56 Å². The molecule has 2 rings (SSSR count). The molecule has 0 saturated heterocycles. The molecule has 0 heterocycles. The number of ether oxygens (including phenoxy) is 1. The Balaban J connectivity index is 2.28. The van der Waals surface area contributed by atoms with E-state index >= 15 is 0 Å². The van der Waals surface area contributed by atoms with Gasteiger partial charge in [0.05, 0.1) is 13.8 Å². The van der Waals surface area contributed by atoms with Gasteiger partial charge in [-0.2, -0.15) is 0 Å². The molecule has 0 atom stereocenters. The van der Waals surface area contributed by atoms with E-state index in [1.807, 2.05) is 54.4 Å². The SMILES string of the molecule is C=NC(=O)/C(=C\N(CNc1cc(OC)ccc1CC)Cc1cccc(Cl)c1)CC. The average Bonchev–Trinajstić information content (AvgIpc) is 2.74. The molecule has 0 aliphatic carbocycles. The van der Waals surface area contributed by atoms with Gasteiger partial charge in [0.1, 0.15) is 5.75 Å². The summed E-state index contributed by atoms with van der Waals surface area (Å²) in [6.45, 7) is 8.49. The van der Waals surface area contributed by atoms with Crippen molar-refractivity contribution in [2.75, 3.05) is 19.1 Å². The second-order valence-corrected chi connectivity index (χ2v) is 7.00. The van der Waals surface area contributed by atoms with E-state index in [0.29, 0.717) is 30.2 Å². The van der Waals surface area contributed by atoms with Crippen molar-refractivity contribution in [3.05, 3.63) is 70.4 Å². The Morgan fingerprint density at radius 2 is 2.07 bits per heavy atom. The highest BCUT2D eigenvalue weighted by Crippen LogP contribution is 2.23. The first-order chi connectivity index (χ1) is 14.0. The molecular weight excluding hydrogens is 386 g/mol. The van der Waals surface area contributed by atoms with E-state index in [4.69, 9.17) is 16.3 Å². The first kappa shape index (κ1) is 22.5. The van der Waals surface area contributed by atoms with Crippen LogP contribution in [-0.2, 0) is 17.8 Å². The van der Waals surface area contributed by atoms with Gasteiger partial charge in [0.25, 0.3) is 5.91 Å². The van der Waals surface area contributed by atoms with Gasteiger partial charge in [0, 0.05) is 35.1 Å². The van der Waals surface area contributed by atoms with E-state index in [1.54, 1.807) is 7.11 Å². The molecule has 0 spiro atoms. The Labute approximate surface area is 178 Å². The van der Waals surface area contributed by atoms with E-state index in [0.717, 1.165) is 23.4 Å². The van der Waals surface area contributed by atoms with Crippen LogP contribution in [0.1, 0.15) is 31.4 Å². The smallest absolute Gasteiger partial charge is 0.273 e. The number of hydrogen-bond donors (Lipinski definition) is 1. The number of nitrogens with one attached hydrogen (secondary N) is 1. The maximum Gasteiger partial charge on any atom is 0.273 e. The van der Waals surface area contributed by atoms with Crippen molar-refractivity contribution < 1.29 is 9.53 Å². The number of nitrogens with zero attached hydrogens (tertiary/aromatic N) is 2. The number of rotatable bonds is 10. The molecule has 0 aliphatic heterocycles. The van der Waals surface area contributed by atoms with E-state index < -0.39 is 0 Å². The first-order valence-electron chi connectivity index (χ1n) is 9.61. The fourth-order valence-corrected chi connectivity index (χ4v) is 3.19. The molecular formula is C23H28ClN3O2. The summed E-state index contributed by atoms with van der Waals surface area (Å²) < 4.78 is 5.35. The van der Waals surface area contributed by atoms with Crippen LogP contribution in [0.3, 0.4) is 0 Å². The van der Waals surface area contributed by atoms with Crippen molar-refractivity contribution >= 4 is 29.9 Å². The number of hydrogen-bond acceptors (Lipinski definition) is 4. The number of carbonyl (C=O) groups excluding carboxylic acids is 1. The van der Waals surface area contributed by atoms with Crippen molar-refractivity contribution in [2.24, 2.45) is 4.99 Å². The predicted octanol–water partition coefficient (Wildman–Crippen LogP) is 5.30. The second kappa shape index (κ2) is 11.3. The molecule has 0 unspecified atom stereocenters. The highest BCUT2D eigenvalue weighted by Gasteiger charge is 2.11. The van der Waals surface area contributed by atoms with Crippen LogP contribution in [0.25, 0.3) is 0 Å². The quantitative estimate of drug-likeness (QED) is 0.326. The molecule has 0 fully saturated rings. The number of carbonyl (C=O) groups is 1. The van der Waals surface area contributed by atoms with E-state index in [-0.39, 0.29) is 5.91 Å². The zero-order chi connectivity index (χ0) is 21.2. The molecule has 1 N–H and O–H groups in total. The van der Waals surface area contributed by atoms with Crippen molar-refractivity contribution in [2.45, 2.75) is 33.2 Å². The Morgan fingerprint density at radius 3 is 2.69 bits per heavy atom. The van der Waals surface area contributed by atoms with Crippen molar-refractivity contribution in [3.63, 3.8) is 0 Å². The molecule has 29 heavy (non-hydrogen) atoms. The summed E-state index contributed by atoms with van der Waals surface area (Å²) in [7, 11) is 1.65. The molecule has 2 aromatic carbocycles. The number of amides is 1. The molecule has 5 nitrogen and oxygen atoms in total. The normalized spacial score (nSPS) is 11.1. The topological polar surface area (TPSA) is 53.9 Å². The van der Waals surface area contributed by atoms with Crippen LogP contribution in [0.5, 0.6) is 5.75 Å². The predicted molar refractivity (Wildman–Crippen MR) is 121 cm³/mol. The third-order valence-corrected chi connectivity index (χ3v) is 4.82. The molecule has 0 aromatic heterocycles. The lowest BCUT2D eigenvalue weighted by Crippen LogP contribution is -2.25. The standard InChI is InChI=1S/C23H28ClN3O2/c1-5-18-10-11-21(29-4)13-22(18)26-16-27(15-19(6-2)23(28)25-3)14-17-8-7-9-20(24)12-17/h7-13,15,26H,3,5-6,14,16H2,1-2,4H3/b19-15-. The van der Waals surface area contributed by atoms with Gasteiger partial charge in [0.15, 0.2) is 0 Å². The van der Waals surface area contributed by atoms with Gasteiger partial charge in [-0.3, -0.25) is 4.79 Å². The van der Waals surface area contributed by atoms with Crippen LogP contribution in [0, 0.1) is 0 Å². The number of anilines is 1. The van der Waals surface area contributed by atoms with Gasteiger partial charge in [-0.25, -0.2) is 4.99 Å². The summed E-state index contributed by atoms with van der Waals surface area (Å²) in [4.78, 5) is 17.7. The minimum atomic E-state index is -0.306. The summed E-state index contributed by atoms with van der Waals surface area (Å²) >= 11 is 6.14. The van der Waals surface area contributed by atoms with Crippen molar-refractivity contribution in [1.29, 1.82) is 0 Å². The molecule has 0 saturated carbocycles. The summed E-state index contributed by atoms with van der Waals surface area (Å²) in [5, 5.41) is 4.15.